The summed E-state index contributed by atoms with van der Waals surface area (Å²) >= 11 is 0. The first-order valence-electron chi connectivity index (χ1n) is 7.25. The Labute approximate surface area is 121 Å². The maximum atomic E-state index is 12.0. The number of rotatable bonds is 8. The fourth-order valence-electron chi connectivity index (χ4n) is 1.81. The average Bonchev–Trinajstić information content (AvgIpc) is 2.23. The van der Waals surface area contributed by atoms with Crippen LogP contribution in [0.25, 0.3) is 0 Å². The second-order valence-electron chi connectivity index (χ2n) is 7.18. The second kappa shape index (κ2) is 7.64. The van der Waals surface area contributed by atoms with Gasteiger partial charge in [0, 0.05) is 18.7 Å². The minimum Gasteiger partial charge on any atom is -0.372 e. The lowest BCUT2D eigenvalue weighted by Gasteiger charge is -2.37. The van der Waals surface area contributed by atoms with Crippen molar-refractivity contribution in [2.75, 3.05) is 19.8 Å². The second-order valence-corrected chi connectivity index (χ2v) is 7.18. The Morgan fingerprint density at radius 1 is 1.05 bits per heavy atom. The Morgan fingerprint density at radius 2 is 1.60 bits per heavy atom. The molecule has 0 saturated carbocycles. The monoisotopic (exact) mass is 297 g/mol. The highest BCUT2D eigenvalue weighted by molar-refractivity contribution is 4.83. The van der Waals surface area contributed by atoms with Gasteiger partial charge >= 0.3 is 6.18 Å². The van der Waals surface area contributed by atoms with Crippen molar-refractivity contribution in [3.63, 3.8) is 0 Å². The largest absolute Gasteiger partial charge is 0.411 e. The Hall–Kier alpha value is -0.290. The first kappa shape index (κ1) is 19.7. The van der Waals surface area contributed by atoms with Gasteiger partial charge in [-0.3, -0.25) is 0 Å². The lowest BCUT2D eigenvalue weighted by molar-refractivity contribution is -0.174. The molecule has 1 atom stereocenters. The van der Waals surface area contributed by atoms with Gasteiger partial charge in [0.25, 0.3) is 0 Å². The highest BCUT2D eigenvalue weighted by Gasteiger charge is 2.30. The van der Waals surface area contributed by atoms with Crippen LogP contribution in [0.15, 0.2) is 0 Å². The van der Waals surface area contributed by atoms with E-state index in [1.165, 1.54) is 0 Å². The molecule has 2 nitrogen and oxygen atoms in total. The molecule has 0 bridgehead atoms. The summed E-state index contributed by atoms with van der Waals surface area (Å²) in [5.41, 5.74) is 0.109. The van der Waals surface area contributed by atoms with Gasteiger partial charge in [-0.05, 0) is 44.9 Å². The van der Waals surface area contributed by atoms with Crippen molar-refractivity contribution in [3.05, 3.63) is 0 Å². The van der Waals surface area contributed by atoms with E-state index in [4.69, 9.17) is 0 Å². The van der Waals surface area contributed by atoms with Gasteiger partial charge in [0.1, 0.15) is 6.61 Å². The predicted molar refractivity (Wildman–Crippen MR) is 76.8 cm³/mol. The van der Waals surface area contributed by atoms with Crippen LogP contribution in [0, 0.1) is 11.3 Å². The quantitative estimate of drug-likeness (QED) is 0.671. The molecule has 0 amide bonds. The maximum absolute atomic E-state index is 12.0. The van der Waals surface area contributed by atoms with E-state index >= 15 is 0 Å². The summed E-state index contributed by atoms with van der Waals surface area (Å²) in [4.78, 5) is 0. The first-order chi connectivity index (χ1) is 8.86. The molecule has 0 aromatic carbocycles. The first-order valence-corrected chi connectivity index (χ1v) is 7.25. The Balaban J connectivity index is 4.14. The summed E-state index contributed by atoms with van der Waals surface area (Å²) in [6, 6.07) is 0. The summed E-state index contributed by atoms with van der Waals surface area (Å²) < 4.78 is 40.6. The lowest BCUT2D eigenvalue weighted by Crippen LogP contribution is -2.45. The highest BCUT2D eigenvalue weighted by atomic mass is 19.4. The fraction of sp³-hybridized carbons (Fsp3) is 1.00. The van der Waals surface area contributed by atoms with Crippen LogP contribution in [0.5, 0.6) is 0 Å². The van der Waals surface area contributed by atoms with Crippen molar-refractivity contribution in [2.45, 2.75) is 66.1 Å². The van der Waals surface area contributed by atoms with Crippen LogP contribution < -0.4 is 5.32 Å². The van der Waals surface area contributed by atoms with Gasteiger partial charge in [0.2, 0.25) is 0 Å². The third-order valence-electron chi connectivity index (χ3n) is 3.72. The van der Waals surface area contributed by atoms with Gasteiger partial charge in [-0.1, -0.05) is 20.8 Å². The van der Waals surface area contributed by atoms with E-state index in [1.54, 1.807) is 0 Å². The average molecular weight is 297 g/mol. The van der Waals surface area contributed by atoms with Crippen LogP contribution in [-0.4, -0.2) is 31.5 Å². The zero-order chi connectivity index (χ0) is 16.0. The number of nitrogens with one attached hydrogen (secondary N) is 1. The maximum Gasteiger partial charge on any atom is 0.411 e. The van der Waals surface area contributed by atoms with Crippen molar-refractivity contribution in [1.29, 1.82) is 0 Å². The molecule has 0 aliphatic rings. The van der Waals surface area contributed by atoms with Crippen molar-refractivity contribution < 1.29 is 17.9 Å². The van der Waals surface area contributed by atoms with E-state index in [0.29, 0.717) is 12.3 Å². The number of hydrogen-bond donors (Lipinski definition) is 1. The smallest absolute Gasteiger partial charge is 0.372 e. The molecular weight excluding hydrogens is 267 g/mol. The fourth-order valence-corrected chi connectivity index (χ4v) is 1.81. The summed E-state index contributed by atoms with van der Waals surface area (Å²) in [6.45, 7) is 12.7. The summed E-state index contributed by atoms with van der Waals surface area (Å²) in [7, 11) is 0. The Kier molecular flexibility index (Phi) is 7.53. The van der Waals surface area contributed by atoms with E-state index in [0.717, 1.165) is 13.0 Å². The predicted octanol–water partition coefficient (Wildman–Crippen LogP) is 4.40. The molecule has 122 valence electrons. The number of halogens is 3. The molecule has 0 aliphatic heterocycles. The SMILES string of the molecule is CC(C)C(C)(CCCOCC(F)(F)F)CNC(C)(C)C. The number of ether oxygens (including phenoxy) is 1. The number of hydrogen-bond acceptors (Lipinski definition) is 2. The van der Waals surface area contributed by atoms with Crippen LogP contribution in [0.3, 0.4) is 0 Å². The van der Waals surface area contributed by atoms with E-state index in [2.05, 4.69) is 51.6 Å². The molecule has 0 rings (SSSR count). The van der Waals surface area contributed by atoms with Gasteiger partial charge in [0.05, 0.1) is 0 Å². The summed E-state index contributed by atoms with van der Waals surface area (Å²) in [5.74, 6) is 0.458. The molecule has 1 unspecified atom stereocenters. The molecule has 0 aromatic heterocycles. The van der Waals surface area contributed by atoms with Crippen LogP contribution in [0.4, 0.5) is 13.2 Å². The Bertz CT molecular complexity index is 271. The van der Waals surface area contributed by atoms with Crippen LogP contribution >= 0.6 is 0 Å². The zero-order valence-electron chi connectivity index (χ0n) is 13.7. The van der Waals surface area contributed by atoms with E-state index in [1.807, 2.05) is 0 Å². The van der Waals surface area contributed by atoms with Crippen molar-refractivity contribution in [2.24, 2.45) is 11.3 Å². The van der Waals surface area contributed by atoms with Gasteiger partial charge in [0.15, 0.2) is 0 Å². The van der Waals surface area contributed by atoms with Crippen molar-refractivity contribution in [1.82, 2.24) is 5.32 Å². The van der Waals surface area contributed by atoms with E-state index in [9.17, 15) is 13.2 Å². The van der Waals surface area contributed by atoms with Crippen molar-refractivity contribution in [3.8, 4) is 0 Å². The summed E-state index contributed by atoms with van der Waals surface area (Å²) in [6.07, 6.45) is -2.72. The molecule has 0 spiro atoms. The molecule has 5 heteroatoms. The molecule has 1 N–H and O–H groups in total. The number of alkyl halides is 3. The Morgan fingerprint density at radius 3 is 2.00 bits per heavy atom. The van der Waals surface area contributed by atoms with Gasteiger partial charge in [-0.2, -0.15) is 13.2 Å². The molecule has 0 aromatic rings. The molecule has 0 heterocycles. The normalized spacial score (nSPS) is 16.5. The van der Waals surface area contributed by atoms with Gasteiger partial charge < -0.3 is 10.1 Å². The zero-order valence-corrected chi connectivity index (χ0v) is 13.7. The topological polar surface area (TPSA) is 21.3 Å². The minimum absolute atomic E-state index is 0.0446. The van der Waals surface area contributed by atoms with Crippen LogP contribution in [-0.2, 0) is 4.74 Å². The molecule has 0 fully saturated rings. The van der Waals surface area contributed by atoms with Crippen LogP contribution in [0.2, 0.25) is 0 Å². The molecule has 0 saturated heterocycles. The third-order valence-corrected chi connectivity index (χ3v) is 3.72. The molecule has 0 radical (unpaired) electrons. The van der Waals surface area contributed by atoms with Crippen LogP contribution in [0.1, 0.15) is 54.4 Å². The minimum atomic E-state index is -4.23. The molecular formula is C15H30F3NO. The lowest BCUT2D eigenvalue weighted by atomic mass is 9.75. The molecule has 20 heavy (non-hydrogen) atoms. The van der Waals surface area contributed by atoms with Crippen molar-refractivity contribution >= 4 is 0 Å². The van der Waals surface area contributed by atoms with Gasteiger partial charge in [-0.25, -0.2) is 0 Å². The van der Waals surface area contributed by atoms with E-state index < -0.39 is 12.8 Å². The summed E-state index contributed by atoms with van der Waals surface area (Å²) in [5, 5.41) is 3.49. The highest BCUT2D eigenvalue weighted by Crippen LogP contribution is 2.32. The standard InChI is InChI=1S/C15H30F3NO/c1-12(2)14(6,10-19-13(3,4)5)8-7-9-20-11-15(16,17)18/h12,19H,7-11H2,1-6H3. The third kappa shape index (κ3) is 9.59. The molecule has 0 aliphatic carbocycles. The van der Waals surface area contributed by atoms with Gasteiger partial charge in [-0.15, -0.1) is 0 Å². The van der Waals surface area contributed by atoms with E-state index in [-0.39, 0.29) is 17.6 Å².